The number of benzene rings is 1. The minimum atomic E-state index is -0.323. The fraction of sp³-hybridized carbons (Fsp3) is 0.273. The SMILES string of the molecule is Cn1cnnc1COc1ccc(F)cc1CN. The zero-order valence-electron chi connectivity index (χ0n) is 9.43. The zero-order chi connectivity index (χ0) is 12.3. The number of aryl methyl sites for hydroxylation is 1. The number of hydrogen-bond donors (Lipinski definition) is 1. The minimum Gasteiger partial charge on any atom is -0.485 e. The maximum atomic E-state index is 13.0. The monoisotopic (exact) mass is 236 g/mol. The summed E-state index contributed by atoms with van der Waals surface area (Å²) in [7, 11) is 1.83. The van der Waals surface area contributed by atoms with E-state index in [0.29, 0.717) is 17.1 Å². The Morgan fingerprint density at radius 2 is 2.29 bits per heavy atom. The molecule has 0 amide bonds. The first kappa shape index (κ1) is 11.5. The molecule has 0 spiro atoms. The van der Waals surface area contributed by atoms with Crippen molar-refractivity contribution in [1.29, 1.82) is 0 Å². The molecule has 0 fully saturated rings. The second kappa shape index (κ2) is 4.92. The molecular formula is C11H13FN4O. The highest BCUT2D eigenvalue weighted by molar-refractivity contribution is 5.33. The van der Waals surface area contributed by atoms with Crippen molar-refractivity contribution >= 4 is 0 Å². The van der Waals surface area contributed by atoms with Gasteiger partial charge in [0.05, 0.1) is 0 Å². The standard InChI is InChI=1S/C11H13FN4O/c1-16-7-14-15-11(16)6-17-10-3-2-9(12)4-8(10)5-13/h2-4,7H,5-6,13H2,1H3. The van der Waals surface area contributed by atoms with Crippen LogP contribution in [0.25, 0.3) is 0 Å². The van der Waals surface area contributed by atoms with Crippen molar-refractivity contribution in [2.24, 2.45) is 12.8 Å². The van der Waals surface area contributed by atoms with E-state index < -0.39 is 0 Å². The van der Waals surface area contributed by atoms with Gasteiger partial charge in [0.2, 0.25) is 0 Å². The first-order chi connectivity index (χ1) is 8.20. The van der Waals surface area contributed by atoms with Crippen LogP contribution in [-0.4, -0.2) is 14.8 Å². The predicted octanol–water partition coefficient (Wildman–Crippen LogP) is 0.992. The van der Waals surface area contributed by atoms with Gasteiger partial charge >= 0.3 is 0 Å². The Kier molecular flexibility index (Phi) is 3.34. The van der Waals surface area contributed by atoms with Crippen molar-refractivity contribution < 1.29 is 9.13 Å². The average Bonchev–Trinajstić information content (AvgIpc) is 2.73. The van der Waals surface area contributed by atoms with Crippen LogP contribution in [0.15, 0.2) is 24.5 Å². The number of aromatic nitrogens is 3. The van der Waals surface area contributed by atoms with Crippen LogP contribution in [0.4, 0.5) is 4.39 Å². The quantitative estimate of drug-likeness (QED) is 0.859. The molecule has 0 aliphatic carbocycles. The van der Waals surface area contributed by atoms with Crippen LogP contribution in [0.3, 0.4) is 0 Å². The number of halogens is 1. The molecule has 0 saturated carbocycles. The highest BCUT2D eigenvalue weighted by Crippen LogP contribution is 2.20. The summed E-state index contributed by atoms with van der Waals surface area (Å²) < 4.78 is 20.3. The summed E-state index contributed by atoms with van der Waals surface area (Å²) >= 11 is 0. The molecule has 0 atom stereocenters. The molecule has 1 aromatic heterocycles. The molecule has 6 heteroatoms. The van der Waals surface area contributed by atoms with Crippen LogP contribution < -0.4 is 10.5 Å². The van der Waals surface area contributed by atoms with Crippen LogP contribution in [0.5, 0.6) is 5.75 Å². The minimum absolute atomic E-state index is 0.228. The number of nitrogens with zero attached hydrogens (tertiary/aromatic N) is 3. The molecule has 0 aliphatic rings. The van der Waals surface area contributed by atoms with E-state index in [1.165, 1.54) is 12.1 Å². The van der Waals surface area contributed by atoms with Gasteiger partial charge in [-0.2, -0.15) is 0 Å². The van der Waals surface area contributed by atoms with E-state index in [1.54, 1.807) is 17.0 Å². The van der Waals surface area contributed by atoms with Gasteiger partial charge < -0.3 is 15.0 Å². The van der Waals surface area contributed by atoms with Gasteiger partial charge in [0.25, 0.3) is 0 Å². The van der Waals surface area contributed by atoms with Crippen molar-refractivity contribution in [1.82, 2.24) is 14.8 Å². The lowest BCUT2D eigenvalue weighted by atomic mass is 10.2. The number of hydrogen-bond acceptors (Lipinski definition) is 4. The van der Waals surface area contributed by atoms with Crippen LogP contribution in [0.2, 0.25) is 0 Å². The smallest absolute Gasteiger partial charge is 0.170 e. The first-order valence-corrected chi connectivity index (χ1v) is 5.15. The first-order valence-electron chi connectivity index (χ1n) is 5.15. The molecular weight excluding hydrogens is 223 g/mol. The summed E-state index contributed by atoms with van der Waals surface area (Å²) in [5, 5.41) is 7.63. The number of rotatable bonds is 4. The maximum Gasteiger partial charge on any atom is 0.170 e. The van der Waals surface area contributed by atoms with Gasteiger partial charge in [-0.3, -0.25) is 0 Å². The van der Waals surface area contributed by atoms with Gasteiger partial charge in [-0.25, -0.2) is 4.39 Å². The highest BCUT2D eigenvalue weighted by Gasteiger charge is 2.06. The molecule has 2 N–H and O–H groups in total. The van der Waals surface area contributed by atoms with Crippen LogP contribution in [0, 0.1) is 5.82 Å². The topological polar surface area (TPSA) is 66.0 Å². The van der Waals surface area contributed by atoms with Gasteiger partial charge in [-0.15, -0.1) is 10.2 Å². The van der Waals surface area contributed by atoms with Gasteiger partial charge in [-0.05, 0) is 18.2 Å². The van der Waals surface area contributed by atoms with Crippen molar-refractivity contribution in [3.63, 3.8) is 0 Å². The fourth-order valence-electron chi connectivity index (χ4n) is 1.43. The molecule has 2 rings (SSSR count). The Morgan fingerprint density at radius 1 is 1.47 bits per heavy atom. The molecule has 2 aromatic rings. The highest BCUT2D eigenvalue weighted by atomic mass is 19.1. The lowest BCUT2D eigenvalue weighted by molar-refractivity contribution is 0.288. The molecule has 1 aromatic carbocycles. The Labute approximate surface area is 98.0 Å². The van der Waals surface area contributed by atoms with Crippen molar-refractivity contribution in [2.75, 3.05) is 0 Å². The summed E-state index contributed by atoms with van der Waals surface area (Å²) in [5.41, 5.74) is 6.15. The van der Waals surface area contributed by atoms with E-state index in [1.807, 2.05) is 7.05 Å². The third kappa shape index (κ3) is 2.59. The number of ether oxygens (including phenoxy) is 1. The molecule has 0 radical (unpaired) electrons. The summed E-state index contributed by atoms with van der Waals surface area (Å²) in [5.74, 6) is 0.936. The van der Waals surface area contributed by atoms with Crippen molar-refractivity contribution in [2.45, 2.75) is 13.2 Å². The van der Waals surface area contributed by atoms with E-state index in [2.05, 4.69) is 10.2 Å². The summed E-state index contributed by atoms with van der Waals surface area (Å²) in [6, 6.07) is 4.27. The molecule has 90 valence electrons. The van der Waals surface area contributed by atoms with E-state index >= 15 is 0 Å². The second-order valence-electron chi connectivity index (χ2n) is 3.60. The maximum absolute atomic E-state index is 13.0. The van der Waals surface area contributed by atoms with Crippen LogP contribution >= 0.6 is 0 Å². The Hall–Kier alpha value is -1.95. The summed E-state index contributed by atoms with van der Waals surface area (Å²) in [6.45, 7) is 0.501. The normalized spacial score (nSPS) is 10.5. The van der Waals surface area contributed by atoms with Gasteiger partial charge in [0.15, 0.2) is 5.82 Å². The molecule has 5 nitrogen and oxygen atoms in total. The molecule has 1 heterocycles. The Bertz CT molecular complexity index is 512. The molecule has 0 unspecified atom stereocenters. The van der Waals surface area contributed by atoms with Gasteiger partial charge in [-0.1, -0.05) is 0 Å². The van der Waals surface area contributed by atoms with Crippen LogP contribution in [0.1, 0.15) is 11.4 Å². The van der Waals surface area contributed by atoms with Crippen molar-refractivity contribution in [3.05, 3.63) is 41.7 Å². The predicted molar refractivity (Wildman–Crippen MR) is 59.6 cm³/mol. The van der Waals surface area contributed by atoms with E-state index in [9.17, 15) is 4.39 Å². The van der Waals surface area contributed by atoms with E-state index in [4.69, 9.17) is 10.5 Å². The fourth-order valence-corrected chi connectivity index (χ4v) is 1.43. The van der Waals surface area contributed by atoms with E-state index in [-0.39, 0.29) is 19.0 Å². The van der Waals surface area contributed by atoms with E-state index in [0.717, 1.165) is 0 Å². The Morgan fingerprint density at radius 3 is 2.94 bits per heavy atom. The average molecular weight is 236 g/mol. The molecule has 0 aliphatic heterocycles. The molecule has 17 heavy (non-hydrogen) atoms. The summed E-state index contributed by atoms with van der Waals surface area (Å²) in [4.78, 5) is 0. The summed E-state index contributed by atoms with van der Waals surface area (Å²) in [6.07, 6.45) is 1.59. The van der Waals surface area contributed by atoms with Gasteiger partial charge in [0.1, 0.15) is 24.5 Å². The largest absolute Gasteiger partial charge is 0.485 e. The lowest BCUT2D eigenvalue weighted by Gasteiger charge is -2.09. The lowest BCUT2D eigenvalue weighted by Crippen LogP contribution is -2.06. The zero-order valence-corrected chi connectivity index (χ0v) is 9.43. The third-order valence-electron chi connectivity index (χ3n) is 2.40. The second-order valence-corrected chi connectivity index (χ2v) is 3.60. The van der Waals surface area contributed by atoms with Gasteiger partial charge in [0, 0.05) is 19.2 Å². The van der Waals surface area contributed by atoms with Crippen LogP contribution in [-0.2, 0) is 20.2 Å². The Balaban J connectivity index is 2.11. The molecule has 0 bridgehead atoms. The number of nitrogens with two attached hydrogens (primary N) is 1. The van der Waals surface area contributed by atoms with Crippen molar-refractivity contribution in [3.8, 4) is 5.75 Å². The molecule has 0 saturated heterocycles. The third-order valence-corrected chi connectivity index (χ3v) is 2.40.